The Bertz CT molecular complexity index is 763. The van der Waals surface area contributed by atoms with Crippen LogP contribution in [-0.2, 0) is 6.54 Å². The average molecular weight is 278 g/mol. The van der Waals surface area contributed by atoms with Gasteiger partial charge in [-0.05, 0) is 43.3 Å². The van der Waals surface area contributed by atoms with Gasteiger partial charge in [-0.15, -0.1) is 0 Å². The molecule has 0 aliphatic heterocycles. The Kier molecular flexibility index (Phi) is 3.84. The van der Waals surface area contributed by atoms with Crippen molar-refractivity contribution in [3.63, 3.8) is 0 Å². The molecular formula is C18H18N2O. The second-order valence-corrected chi connectivity index (χ2v) is 5.06. The quantitative estimate of drug-likeness (QED) is 0.781. The van der Waals surface area contributed by atoms with E-state index in [0.29, 0.717) is 0 Å². The molecule has 3 aromatic rings. The molecular weight excluding hydrogens is 260 g/mol. The molecule has 1 heterocycles. The number of hydrogen-bond acceptors (Lipinski definition) is 3. The normalized spacial score (nSPS) is 10.8. The third-order valence-corrected chi connectivity index (χ3v) is 3.44. The Labute approximate surface area is 124 Å². The SMILES string of the molecule is CNCc1ccc(Oc2cccc3cccnc23)c(C)c1. The molecule has 106 valence electrons. The molecule has 21 heavy (non-hydrogen) atoms. The largest absolute Gasteiger partial charge is 0.455 e. The zero-order valence-corrected chi connectivity index (χ0v) is 12.3. The van der Waals surface area contributed by atoms with Crippen molar-refractivity contribution in [2.45, 2.75) is 13.5 Å². The van der Waals surface area contributed by atoms with Crippen LogP contribution in [-0.4, -0.2) is 12.0 Å². The number of fused-ring (bicyclic) bond motifs is 1. The Hall–Kier alpha value is -2.39. The minimum absolute atomic E-state index is 0.789. The maximum Gasteiger partial charge on any atom is 0.153 e. The zero-order valence-electron chi connectivity index (χ0n) is 12.3. The summed E-state index contributed by atoms with van der Waals surface area (Å²) in [6.07, 6.45) is 1.79. The van der Waals surface area contributed by atoms with Crippen molar-refractivity contribution in [3.05, 3.63) is 65.9 Å². The highest BCUT2D eigenvalue weighted by Crippen LogP contribution is 2.30. The van der Waals surface area contributed by atoms with Crippen LogP contribution in [0, 0.1) is 6.92 Å². The number of benzene rings is 2. The molecule has 0 saturated carbocycles. The Morgan fingerprint density at radius 1 is 1.05 bits per heavy atom. The number of nitrogens with zero attached hydrogens (tertiary/aromatic N) is 1. The highest BCUT2D eigenvalue weighted by atomic mass is 16.5. The molecule has 0 radical (unpaired) electrons. The summed E-state index contributed by atoms with van der Waals surface area (Å²) in [7, 11) is 1.95. The van der Waals surface area contributed by atoms with E-state index >= 15 is 0 Å². The van der Waals surface area contributed by atoms with Gasteiger partial charge in [-0.25, -0.2) is 0 Å². The van der Waals surface area contributed by atoms with Gasteiger partial charge in [0.15, 0.2) is 5.75 Å². The standard InChI is InChI=1S/C18H18N2O/c1-13-11-14(12-19-2)8-9-16(13)21-17-7-3-5-15-6-4-10-20-18(15)17/h3-11,19H,12H2,1-2H3. The van der Waals surface area contributed by atoms with E-state index in [1.807, 2.05) is 43.4 Å². The highest BCUT2D eigenvalue weighted by molar-refractivity contribution is 5.84. The van der Waals surface area contributed by atoms with Gasteiger partial charge in [0, 0.05) is 18.1 Å². The van der Waals surface area contributed by atoms with Crippen LogP contribution in [0.25, 0.3) is 10.9 Å². The number of aromatic nitrogens is 1. The second-order valence-electron chi connectivity index (χ2n) is 5.06. The molecule has 0 aliphatic rings. The van der Waals surface area contributed by atoms with Gasteiger partial charge in [0.1, 0.15) is 11.3 Å². The molecule has 3 heteroatoms. The van der Waals surface area contributed by atoms with E-state index in [4.69, 9.17) is 4.74 Å². The molecule has 0 aliphatic carbocycles. The molecule has 0 atom stereocenters. The number of nitrogens with one attached hydrogen (secondary N) is 1. The van der Waals surface area contributed by atoms with Crippen molar-refractivity contribution in [1.82, 2.24) is 10.3 Å². The molecule has 1 aromatic heterocycles. The molecule has 0 spiro atoms. The van der Waals surface area contributed by atoms with E-state index in [9.17, 15) is 0 Å². The molecule has 0 unspecified atom stereocenters. The van der Waals surface area contributed by atoms with Crippen LogP contribution in [0.15, 0.2) is 54.7 Å². The average Bonchev–Trinajstić information content (AvgIpc) is 2.51. The molecule has 3 rings (SSSR count). The number of hydrogen-bond donors (Lipinski definition) is 1. The number of pyridine rings is 1. The third kappa shape index (κ3) is 2.88. The van der Waals surface area contributed by atoms with Gasteiger partial charge < -0.3 is 10.1 Å². The summed E-state index contributed by atoms with van der Waals surface area (Å²) in [5, 5.41) is 4.24. The summed E-state index contributed by atoms with van der Waals surface area (Å²) in [5.41, 5.74) is 3.26. The molecule has 1 N–H and O–H groups in total. The molecule has 0 saturated heterocycles. The van der Waals surface area contributed by atoms with Crippen molar-refractivity contribution >= 4 is 10.9 Å². The molecule has 0 bridgehead atoms. The lowest BCUT2D eigenvalue weighted by molar-refractivity contribution is 0.483. The maximum atomic E-state index is 6.07. The fourth-order valence-electron chi connectivity index (χ4n) is 2.42. The topological polar surface area (TPSA) is 34.1 Å². The summed E-state index contributed by atoms with van der Waals surface area (Å²) in [4.78, 5) is 4.42. The van der Waals surface area contributed by atoms with E-state index in [1.165, 1.54) is 5.56 Å². The lowest BCUT2D eigenvalue weighted by Gasteiger charge is -2.11. The van der Waals surface area contributed by atoms with Crippen LogP contribution < -0.4 is 10.1 Å². The van der Waals surface area contributed by atoms with E-state index in [0.717, 1.165) is 34.5 Å². The number of aryl methyl sites for hydroxylation is 1. The maximum absolute atomic E-state index is 6.07. The van der Waals surface area contributed by atoms with Gasteiger partial charge in [-0.3, -0.25) is 4.98 Å². The minimum Gasteiger partial charge on any atom is -0.455 e. The van der Waals surface area contributed by atoms with E-state index in [-0.39, 0.29) is 0 Å². The fourth-order valence-corrected chi connectivity index (χ4v) is 2.42. The first-order valence-corrected chi connectivity index (χ1v) is 7.03. The number of ether oxygens (including phenoxy) is 1. The first kappa shape index (κ1) is 13.6. The summed E-state index contributed by atoms with van der Waals surface area (Å²) in [6, 6.07) is 16.2. The van der Waals surface area contributed by atoms with Crippen molar-refractivity contribution in [3.8, 4) is 11.5 Å². The Morgan fingerprint density at radius 3 is 2.71 bits per heavy atom. The first-order chi connectivity index (χ1) is 10.3. The van der Waals surface area contributed by atoms with Crippen LogP contribution in [0.4, 0.5) is 0 Å². The molecule has 0 amide bonds. The van der Waals surface area contributed by atoms with Crippen molar-refractivity contribution in [1.29, 1.82) is 0 Å². The van der Waals surface area contributed by atoms with Crippen molar-refractivity contribution in [2.24, 2.45) is 0 Å². The smallest absolute Gasteiger partial charge is 0.153 e. The van der Waals surface area contributed by atoms with Gasteiger partial charge in [-0.2, -0.15) is 0 Å². The Balaban J connectivity index is 1.95. The predicted molar refractivity (Wildman–Crippen MR) is 85.8 cm³/mol. The van der Waals surface area contributed by atoms with Gasteiger partial charge >= 0.3 is 0 Å². The van der Waals surface area contributed by atoms with Crippen molar-refractivity contribution < 1.29 is 4.74 Å². The van der Waals surface area contributed by atoms with E-state index in [1.54, 1.807) is 6.20 Å². The summed E-state index contributed by atoms with van der Waals surface area (Å²) < 4.78 is 6.07. The zero-order chi connectivity index (χ0) is 14.7. The van der Waals surface area contributed by atoms with Crippen molar-refractivity contribution in [2.75, 3.05) is 7.05 Å². The second kappa shape index (κ2) is 5.94. The van der Waals surface area contributed by atoms with E-state index in [2.05, 4.69) is 29.4 Å². The summed E-state index contributed by atoms with van der Waals surface area (Å²) >= 11 is 0. The molecule has 3 nitrogen and oxygen atoms in total. The van der Waals surface area contributed by atoms with E-state index < -0.39 is 0 Å². The Morgan fingerprint density at radius 2 is 1.90 bits per heavy atom. The lowest BCUT2D eigenvalue weighted by atomic mass is 10.1. The lowest BCUT2D eigenvalue weighted by Crippen LogP contribution is -2.05. The predicted octanol–water partition coefficient (Wildman–Crippen LogP) is 4.05. The van der Waals surface area contributed by atoms with Crippen LogP contribution in [0.5, 0.6) is 11.5 Å². The van der Waals surface area contributed by atoms with Gasteiger partial charge in [0.05, 0.1) is 0 Å². The summed E-state index contributed by atoms with van der Waals surface area (Å²) in [5.74, 6) is 1.66. The molecule has 0 fully saturated rings. The monoisotopic (exact) mass is 278 g/mol. The highest BCUT2D eigenvalue weighted by Gasteiger charge is 2.07. The summed E-state index contributed by atoms with van der Waals surface area (Å²) in [6.45, 7) is 2.92. The van der Waals surface area contributed by atoms with Gasteiger partial charge in [0.2, 0.25) is 0 Å². The van der Waals surface area contributed by atoms with Gasteiger partial charge in [0.25, 0.3) is 0 Å². The van der Waals surface area contributed by atoms with Crippen LogP contribution in [0.3, 0.4) is 0 Å². The number of rotatable bonds is 4. The van der Waals surface area contributed by atoms with Crippen LogP contribution in [0.1, 0.15) is 11.1 Å². The van der Waals surface area contributed by atoms with Crippen LogP contribution >= 0.6 is 0 Å². The van der Waals surface area contributed by atoms with Gasteiger partial charge in [-0.1, -0.05) is 30.3 Å². The third-order valence-electron chi connectivity index (χ3n) is 3.44. The van der Waals surface area contributed by atoms with Crippen LogP contribution in [0.2, 0.25) is 0 Å². The molecule has 2 aromatic carbocycles. The first-order valence-electron chi connectivity index (χ1n) is 7.03. The minimum atomic E-state index is 0.789. The number of para-hydroxylation sites is 1. The fraction of sp³-hybridized carbons (Fsp3) is 0.167.